The molecule has 4 rings (SSSR count). The van der Waals surface area contributed by atoms with Crippen LogP contribution in [0.25, 0.3) is 0 Å². The normalized spacial score (nSPS) is 17.5. The highest BCUT2D eigenvalue weighted by atomic mass is 16.6. The molecule has 5 nitrogen and oxygen atoms in total. The molecular formula is C21H23NO4. The molecule has 2 aliphatic rings. The number of carbonyl (C=O) groups is 1. The maximum Gasteiger partial charge on any atom is 0.260 e. The van der Waals surface area contributed by atoms with Gasteiger partial charge in [0, 0.05) is 7.05 Å². The summed E-state index contributed by atoms with van der Waals surface area (Å²) in [6.45, 7) is 0.917. The van der Waals surface area contributed by atoms with Gasteiger partial charge in [-0.05, 0) is 54.7 Å². The van der Waals surface area contributed by atoms with Gasteiger partial charge in [-0.25, -0.2) is 0 Å². The molecular weight excluding hydrogens is 330 g/mol. The van der Waals surface area contributed by atoms with Crippen molar-refractivity contribution in [3.8, 4) is 17.2 Å². The smallest absolute Gasteiger partial charge is 0.260 e. The summed E-state index contributed by atoms with van der Waals surface area (Å²) in [4.78, 5) is 14.0. The third kappa shape index (κ3) is 3.62. The minimum Gasteiger partial charge on any atom is -0.486 e. The molecule has 0 spiro atoms. The van der Waals surface area contributed by atoms with E-state index >= 15 is 0 Å². The summed E-state index contributed by atoms with van der Waals surface area (Å²) < 4.78 is 17.3. The van der Waals surface area contributed by atoms with Crippen LogP contribution >= 0.6 is 0 Å². The van der Waals surface area contributed by atoms with Crippen LogP contribution < -0.4 is 14.2 Å². The summed E-state index contributed by atoms with van der Waals surface area (Å²) >= 11 is 0. The number of benzene rings is 2. The van der Waals surface area contributed by atoms with Gasteiger partial charge in [0.15, 0.2) is 24.2 Å². The number of hydrogen-bond donors (Lipinski definition) is 0. The van der Waals surface area contributed by atoms with E-state index in [9.17, 15) is 4.79 Å². The third-order valence-corrected chi connectivity index (χ3v) is 4.90. The molecule has 0 saturated carbocycles. The zero-order chi connectivity index (χ0) is 17.9. The quantitative estimate of drug-likeness (QED) is 0.829. The first kappa shape index (κ1) is 16.8. The Labute approximate surface area is 153 Å². The predicted molar refractivity (Wildman–Crippen MR) is 98.0 cm³/mol. The van der Waals surface area contributed by atoms with Crippen LogP contribution in [0.2, 0.25) is 0 Å². The lowest BCUT2D eigenvalue weighted by Crippen LogP contribution is -2.43. The second-order valence-corrected chi connectivity index (χ2v) is 6.84. The Morgan fingerprint density at radius 3 is 2.85 bits per heavy atom. The third-order valence-electron chi connectivity index (χ3n) is 4.90. The van der Waals surface area contributed by atoms with Crippen molar-refractivity contribution < 1.29 is 19.0 Å². The first-order chi connectivity index (χ1) is 12.7. The molecule has 2 aromatic rings. The molecule has 5 heteroatoms. The van der Waals surface area contributed by atoms with Crippen molar-refractivity contribution in [1.82, 2.24) is 4.90 Å². The van der Waals surface area contributed by atoms with Crippen LogP contribution in [0.4, 0.5) is 0 Å². The van der Waals surface area contributed by atoms with Gasteiger partial charge in [0.25, 0.3) is 5.91 Å². The molecule has 0 bridgehead atoms. The summed E-state index contributed by atoms with van der Waals surface area (Å²) in [5, 5.41) is 0. The average molecular weight is 353 g/mol. The Morgan fingerprint density at radius 1 is 1.15 bits per heavy atom. The van der Waals surface area contributed by atoms with Gasteiger partial charge >= 0.3 is 0 Å². The molecule has 26 heavy (non-hydrogen) atoms. The van der Waals surface area contributed by atoms with Crippen molar-refractivity contribution in [1.29, 1.82) is 0 Å². The molecule has 1 atom stereocenters. The van der Waals surface area contributed by atoms with Gasteiger partial charge in [0.05, 0.1) is 6.54 Å². The second-order valence-electron chi connectivity index (χ2n) is 6.84. The fourth-order valence-electron chi connectivity index (χ4n) is 3.45. The van der Waals surface area contributed by atoms with Crippen molar-refractivity contribution in [3.63, 3.8) is 0 Å². The standard InChI is InChI=1S/C21H23NO4/c1-22(12-18-13-25-19-7-2-3-8-20(19)26-18)21(23)14-24-17-10-9-15-5-4-6-16(15)11-17/h2-3,7-11,18H,4-6,12-14H2,1H3/t18-/m1/s1. The molecule has 1 heterocycles. The number of carbonyl (C=O) groups excluding carboxylic acids is 1. The van der Waals surface area contributed by atoms with Crippen LogP contribution in [-0.2, 0) is 17.6 Å². The van der Waals surface area contributed by atoms with E-state index in [0.717, 1.165) is 30.1 Å². The molecule has 136 valence electrons. The van der Waals surface area contributed by atoms with Gasteiger partial charge in [0.2, 0.25) is 0 Å². The van der Waals surface area contributed by atoms with E-state index in [1.165, 1.54) is 17.5 Å². The maximum absolute atomic E-state index is 12.4. The number of fused-ring (bicyclic) bond motifs is 2. The van der Waals surface area contributed by atoms with Crippen LogP contribution in [0.3, 0.4) is 0 Å². The fraction of sp³-hybridized carbons (Fsp3) is 0.381. The number of hydrogen-bond acceptors (Lipinski definition) is 4. The molecule has 1 aliphatic carbocycles. The van der Waals surface area contributed by atoms with E-state index in [1.54, 1.807) is 11.9 Å². The average Bonchev–Trinajstić information content (AvgIpc) is 3.13. The number of ether oxygens (including phenoxy) is 3. The Balaban J connectivity index is 1.28. The van der Waals surface area contributed by atoms with E-state index in [4.69, 9.17) is 14.2 Å². The number of rotatable bonds is 5. The van der Waals surface area contributed by atoms with E-state index in [0.29, 0.717) is 13.2 Å². The highest BCUT2D eigenvalue weighted by molar-refractivity contribution is 5.77. The van der Waals surface area contributed by atoms with Gasteiger partial charge in [-0.3, -0.25) is 4.79 Å². The zero-order valence-corrected chi connectivity index (χ0v) is 14.9. The Hall–Kier alpha value is -2.69. The van der Waals surface area contributed by atoms with Crippen LogP contribution in [-0.4, -0.2) is 43.7 Å². The molecule has 0 radical (unpaired) electrons. The Bertz CT molecular complexity index is 804. The number of para-hydroxylation sites is 2. The first-order valence-corrected chi connectivity index (χ1v) is 9.06. The number of amides is 1. The van der Waals surface area contributed by atoms with Gasteiger partial charge in [-0.1, -0.05) is 18.2 Å². The van der Waals surface area contributed by atoms with Crippen molar-refractivity contribution in [3.05, 3.63) is 53.6 Å². The molecule has 0 saturated heterocycles. The van der Waals surface area contributed by atoms with E-state index in [2.05, 4.69) is 12.1 Å². The van der Waals surface area contributed by atoms with Gasteiger partial charge < -0.3 is 19.1 Å². The van der Waals surface area contributed by atoms with E-state index in [-0.39, 0.29) is 18.6 Å². The SMILES string of the molecule is CN(C[C@@H]1COc2ccccc2O1)C(=O)COc1ccc2c(c1)CCC2. The van der Waals surface area contributed by atoms with Gasteiger partial charge in [-0.2, -0.15) is 0 Å². The highest BCUT2D eigenvalue weighted by Gasteiger charge is 2.24. The fourth-order valence-corrected chi connectivity index (χ4v) is 3.45. The molecule has 0 aromatic heterocycles. The summed E-state index contributed by atoms with van der Waals surface area (Å²) in [6.07, 6.45) is 3.26. The number of aryl methyl sites for hydroxylation is 2. The number of likely N-dealkylation sites (N-methyl/N-ethyl adjacent to an activating group) is 1. The lowest BCUT2D eigenvalue weighted by molar-refractivity contribution is -0.133. The lowest BCUT2D eigenvalue weighted by atomic mass is 10.1. The van der Waals surface area contributed by atoms with Crippen LogP contribution in [0.5, 0.6) is 17.2 Å². The second kappa shape index (κ2) is 7.28. The Morgan fingerprint density at radius 2 is 1.96 bits per heavy atom. The predicted octanol–water partition coefficient (Wildman–Crippen LogP) is 2.85. The molecule has 0 unspecified atom stereocenters. The minimum atomic E-state index is -0.182. The largest absolute Gasteiger partial charge is 0.486 e. The van der Waals surface area contributed by atoms with Crippen molar-refractivity contribution in [2.75, 3.05) is 26.8 Å². The first-order valence-electron chi connectivity index (χ1n) is 9.06. The molecule has 1 amide bonds. The topological polar surface area (TPSA) is 48.0 Å². The molecule has 0 fully saturated rings. The van der Waals surface area contributed by atoms with Crippen LogP contribution in [0.1, 0.15) is 17.5 Å². The molecule has 2 aromatic carbocycles. The minimum absolute atomic E-state index is 0.0272. The summed E-state index contributed by atoms with van der Waals surface area (Å²) in [7, 11) is 1.76. The summed E-state index contributed by atoms with van der Waals surface area (Å²) in [5.41, 5.74) is 2.74. The van der Waals surface area contributed by atoms with E-state index in [1.807, 2.05) is 30.3 Å². The van der Waals surface area contributed by atoms with Crippen LogP contribution in [0.15, 0.2) is 42.5 Å². The molecule has 1 aliphatic heterocycles. The van der Waals surface area contributed by atoms with Crippen molar-refractivity contribution in [2.45, 2.75) is 25.4 Å². The summed E-state index contributed by atoms with van der Waals surface area (Å²) in [5.74, 6) is 2.16. The lowest BCUT2D eigenvalue weighted by Gasteiger charge is -2.29. The van der Waals surface area contributed by atoms with Crippen LogP contribution in [0, 0.1) is 0 Å². The Kier molecular flexibility index (Phi) is 4.69. The number of nitrogens with zero attached hydrogens (tertiary/aromatic N) is 1. The summed E-state index contributed by atoms with van der Waals surface area (Å²) in [6, 6.07) is 13.7. The monoisotopic (exact) mass is 353 g/mol. The van der Waals surface area contributed by atoms with Gasteiger partial charge in [-0.15, -0.1) is 0 Å². The maximum atomic E-state index is 12.4. The zero-order valence-electron chi connectivity index (χ0n) is 14.9. The van der Waals surface area contributed by atoms with Crippen molar-refractivity contribution >= 4 is 5.91 Å². The van der Waals surface area contributed by atoms with E-state index < -0.39 is 0 Å². The van der Waals surface area contributed by atoms with Crippen molar-refractivity contribution in [2.24, 2.45) is 0 Å². The van der Waals surface area contributed by atoms with Gasteiger partial charge in [0.1, 0.15) is 12.4 Å². The molecule has 0 N–H and O–H groups in total. The highest BCUT2D eigenvalue weighted by Crippen LogP contribution is 2.31.